The first kappa shape index (κ1) is 13.6. The second kappa shape index (κ2) is 5.85. The van der Waals surface area contributed by atoms with Gasteiger partial charge in [0.25, 0.3) is 0 Å². The van der Waals surface area contributed by atoms with E-state index in [1.54, 1.807) is 0 Å². The molecule has 0 saturated heterocycles. The second-order valence-corrected chi connectivity index (χ2v) is 6.06. The molecular weight excluding hydrogens is 220 g/mol. The lowest BCUT2D eigenvalue weighted by Gasteiger charge is -2.29. The smallest absolute Gasteiger partial charge is 0.0237 e. The van der Waals surface area contributed by atoms with E-state index in [2.05, 4.69) is 62.4 Å². The fourth-order valence-electron chi connectivity index (χ4n) is 3.01. The first-order valence-corrected chi connectivity index (χ1v) is 7.04. The van der Waals surface area contributed by atoms with Gasteiger partial charge in [-0.25, -0.2) is 0 Å². The van der Waals surface area contributed by atoms with Crippen LogP contribution in [0.1, 0.15) is 25.0 Å². The van der Waals surface area contributed by atoms with E-state index in [0.29, 0.717) is 18.0 Å². The Kier molecular flexibility index (Phi) is 4.41. The van der Waals surface area contributed by atoms with Crippen LogP contribution in [0.4, 0.5) is 0 Å². The first-order valence-electron chi connectivity index (χ1n) is 7.04. The van der Waals surface area contributed by atoms with E-state index >= 15 is 0 Å². The summed E-state index contributed by atoms with van der Waals surface area (Å²) in [6.45, 7) is 5.69. The summed E-state index contributed by atoms with van der Waals surface area (Å²) in [6.07, 6.45) is 2.38. The van der Waals surface area contributed by atoms with Gasteiger partial charge < -0.3 is 10.2 Å². The van der Waals surface area contributed by atoms with Gasteiger partial charge in [0, 0.05) is 18.6 Å². The Morgan fingerprint density at radius 3 is 2.17 bits per heavy atom. The number of hydrogen-bond acceptors (Lipinski definition) is 2. The SMILES string of the molecule is CC(C)C(CNC1Cc2ccccc2C1)N(C)C. The summed E-state index contributed by atoms with van der Waals surface area (Å²) < 4.78 is 0. The minimum atomic E-state index is 0.619. The van der Waals surface area contributed by atoms with Gasteiger partial charge in [-0.2, -0.15) is 0 Å². The van der Waals surface area contributed by atoms with Crippen molar-refractivity contribution in [1.82, 2.24) is 10.2 Å². The summed E-state index contributed by atoms with van der Waals surface area (Å²) >= 11 is 0. The van der Waals surface area contributed by atoms with Crippen molar-refractivity contribution in [2.75, 3.05) is 20.6 Å². The lowest BCUT2D eigenvalue weighted by Crippen LogP contribution is -2.45. The summed E-state index contributed by atoms with van der Waals surface area (Å²) in [5.74, 6) is 0.691. The molecule has 100 valence electrons. The molecule has 1 aromatic rings. The van der Waals surface area contributed by atoms with Crippen LogP contribution in [-0.4, -0.2) is 37.6 Å². The number of hydrogen-bond donors (Lipinski definition) is 1. The van der Waals surface area contributed by atoms with Gasteiger partial charge in [-0.15, -0.1) is 0 Å². The Balaban J connectivity index is 1.86. The van der Waals surface area contributed by atoms with Crippen LogP contribution in [0.25, 0.3) is 0 Å². The van der Waals surface area contributed by atoms with Gasteiger partial charge >= 0.3 is 0 Å². The Morgan fingerprint density at radius 1 is 1.17 bits per heavy atom. The molecule has 0 amide bonds. The van der Waals surface area contributed by atoms with Crippen LogP contribution in [0.3, 0.4) is 0 Å². The molecule has 1 atom stereocenters. The van der Waals surface area contributed by atoms with Crippen LogP contribution < -0.4 is 5.32 Å². The van der Waals surface area contributed by atoms with Crippen molar-refractivity contribution in [3.63, 3.8) is 0 Å². The molecule has 1 N–H and O–H groups in total. The van der Waals surface area contributed by atoms with E-state index in [4.69, 9.17) is 0 Å². The van der Waals surface area contributed by atoms with Gasteiger partial charge in [-0.1, -0.05) is 38.1 Å². The molecule has 0 aromatic heterocycles. The highest BCUT2D eigenvalue weighted by molar-refractivity contribution is 5.33. The normalized spacial score (nSPS) is 17.4. The molecule has 0 bridgehead atoms. The fourth-order valence-corrected chi connectivity index (χ4v) is 3.01. The molecule has 0 spiro atoms. The molecular formula is C16H26N2. The summed E-state index contributed by atoms with van der Waals surface area (Å²) in [4.78, 5) is 2.33. The van der Waals surface area contributed by atoms with Gasteiger partial charge in [-0.05, 0) is 44.0 Å². The zero-order valence-corrected chi connectivity index (χ0v) is 12.1. The average Bonchev–Trinajstić information content (AvgIpc) is 2.70. The van der Waals surface area contributed by atoms with E-state index in [9.17, 15) is 0 Å². The van der Waals surface area contributed by atoms with Crippen LogP contribution in [0.5, 0.6) is 0 Å². The van der Waals surface area contributed by atoms with Crippen molar-refractivity contribution < 1.29 is 0 Å². The topological polar surface area (TPSA) is 15.3 Å². The molecule has 2 rings (SSSR count). The summed E-state index contributed by atoms with van der Waals surface area (Å²) in [6, 6.07) is 10.1. The zero-order valence-electron chi connectivity index (χ0n) is 12.1. The first-order chi connectivity index (χ1) is 8.58. The quantitative estimate of drug-likeness (QED) is 0.858. The number of fused-ring (bicyclic) bond motifs is 1. The number of nitrogens with one attached hydrogen (secondary N) is 1. The molecule has 1 aliphatic carbocycles. The molecule has 0 fully saturated rings. The highest BCUT2D eigenvalue weighted by Gasteiger charge is 2.22. The van der Waals surface area contributed by atoms with E-state index in [1.165, 1.54) is 24.0 Å². The van der Waals surface area contributed by atoms with E-state index < -0.39 is 0 Å². The third-order valence-electron chi connectivity index (χ3n) is 4.10. The summed E-state index contributed by atoms with van der Waals surface area (Å²) in [5, 5.41) is 3.75. The van der Waals surface area contributed by atoms with Gasteiger partial charge in [0.15, 0.2) is 0 Å². The summed E-state index contributed by atoms with van der Waals surface area (Å²) in [7, 11) is 4.35. The van der Waals surface area contributed by atoms with Crippen LogP contribution in [0, 0.1) is 5.92 Å². The van der Waals surface area contributed by atoms with E-state index in [0.717, 1.165) is 6.54 Å². The molecule has 1 aliphatic rings. The van der Waals surface area contributed by atoms with E-state index in [1.807, 2.05) is 0 Å². The number of nitrogens with zero attached hydrogens (tertiary/aromatic N) is 1. The fraction of sp³-hybridized carbons (Fsp3) is 0.625. The molecule has 0 aliphatic heterocycles. The van der Waals surface area contributed by atoms with Crippen LogP contribution in [0.15, 0.2) is 24.3 Å². The highest BCUT2D eigenvalue weighted by Crippen LogP contribution is 2.21. The maximum atomic E-state index is 3.75. The standard InChI is InChI=1S/C16H26N2/c1-12(2)16(18(3)4)11-17-15-9-13-7-5-6-8-14(13)10-15/h5-8,12,15-17H,9-11H2,1-4H3. The van der Waals surface area contributed by atoms with Gasteiger partial charge in [-0.3, -0.25) is 0 Å². The van der Waals surface area contributed by atoms with Gasteiger partial charge in [0.2, 0.25) is 0 Å². The van der Waals surface area contributed by atoms with E-state index in [-0.39, 0.29) is 0 Å². The predicted octanol–water partition coefficient (Wildman–Crippen LogP) is 2.33. The third-order valence-corrected chi connectivity index (χ3v) is 4.10. The molecule has 18 heavy (non-hydrogen) atoms. The van der Waals surface area contributed by atoms with Crippen molar-refractivity contribution >= 4 is 0 Å². The Hall–Kier alpha value is -0.860. The molecule has 0 heterocycles. The Morgan fingerprint density at radius 2 is 1.72 bits per heavy atom. The molecule has 2 heteroatoms. The lowest BCUT2D eigenvalue weighted by atomic mass is 10.0. The molecule has 1 unspecified atom stereocenters. The lowest BCUT2D eigenvalue weighted by molar-refractivity contribution is 0.219. The zero-order chi connectivity index (χ0) is 13.1. The average molecular weight is 246 g/mol. The molecule has 0 saturated carbocycles. The van der Waals surface area contributed by atoms with Crippen molar-refractivity contribution in [3.05, 3.63) is 35.4 Å². The minimum absolute atomic E-state index is 0.619. The van der Waals surface area contributed by atoms with Crippen LogP contribution in [-0.2, 0) is 12.8 Å². The second-order valence-electron chi connectivity index (χ2n) is 6.06. The third kappa shape index (κ3) is 3.12. The number of likely N-dealkylation sites (N-methyl/N-ethyl adjacent to an activating group) is 1. The highest BCUT2D eigenvalue weighted by atomic mass is 15.1. The number of benzene rings is 1. The van der Waals surface area contributed by atoms with Gasteiger partial charge in [0.05, 0.1) is 0 Å². The van der Waals surface area contributed by atoms with Gasteiger partial charge in [0.1, 0.15) is 0 Å². The Labute approximate surface area is 111 Å². The molecule has 0 radical (unpaired) electrons. The number of rotatable bonds is 5. The Bertz CT molecular complexity index is 351. The molecule has 1 aromatic carbocycles. The minimum Gasteiger partial charge on any atom is -0.312 e. The summed E-state index contributed by atoms with van der Waals surface area (Å²) in [5.41, 5.74) is 3.06. The monoisotopic (exact) mass is 246 g/mol. The van der Waals surface area contributed by atoms with Crippen molar-refractivity contribution in [2.24, 2.45) is 5.92 Å². The maximum absolute atomic E-state index is 3.75. The van der Waals surface area contributed by atoms with Crippen LogP contribution >= 0.6 is 0 Å². The van der Waals surface area contributed by atoms with Crippen molar-refractivity contribution in [3.8, 4) is 0 Å². The van der Waals surface area contributed by atoms with Crippen molar-refractivity contribution in [2.45, 2.75) is 38.8 Å². The largest absolute Gasteiger partial charge is 0.312 e. The predicted molar refractivity (Wildman–Crippen MR) is 78.0 cm³/mol. The maximum Gasteiger partial charge on any atom is 0.0237 e. The van der Waals surface area contributed by atoms with Crippen LogP contribution in [0.2, 0.25) is 0 Å². The van der Waals surface area contributed by atoms with Crippen molar-refractivity contribution in [1.29, 1.82) is 0 Å². The molecule has 2 nitrogen and oxygen atoms in total.